The van der Waals surface area contributed by atoms with Crippen LogP contribution in [0.3, 0.4) is 0 Å². The molecule has 3 heterocycles. The number of aryl methyl sites for hydroxylation is 2. The van der Waals surface area contributed by atoms with E-state index in [0.717, 1.165) is 17.8 Å². The fourth-order valence-electron chi connectivity index (χ4n) is 3.29. The quantitative estimate of drug-likeness (QED) is 0.598. The van der Waals surface area contributed by atoms with E-state index in [9.17, 15) is 22.4 Å². The molecule has 0 radical (unpaired) electrons. The van der Waals surface area contributed by atoms with Crippen molar-refractivity contribution in [1.82, 2.24) is 14.8 Å². The van der Waals surface area contributed by atoms with Crippen LogP contribution in [0.2, 0.25) is 0 Å². The Labute approximate surface area is 168 Å². The summed E-state index contributed by atoms with van der Waals surface area (Å²) in [6.07, 6.45) is -3.20. The second-order valence-corrected chi connectivity index (χ2v) is 6.89. The lowest BCUT2D eigenvalue weighted by atomic mass is 10.0. The lowest BCUT2D eigenvalue weighted by Crippen LogP contribution is -2.23. The van der Waals surface area contributed by atoms with E-state index in [0.29, 0.717) is 16.9 Å². The molecule has 1 aliphatic rings. The first kappa shape index (κ1) is 19.9. The summed E-state index contributed by atoms with van der Waals surface area (Å²) < 4.78 is 58.0. The van der Waals surface area contributed by atoms with Gasteiger partial charge in [-0.05, 0) is 25.1 Å². The van der Waals surface area contributed by atoms with Crippen LogP contribution in [0.15, 0.2) is 36.5 Å². The molecule has 30 heavy (non-hydrogen) atoms. The molecule has 0 atom stereocenters. The van der Waals surface area contributed by atoms with Crippen molar-refractivity contribution in [1.29, 1.82) is 0 Å². The van der Waals surface area contributed by atoms with Crippen molar-refractivity contribution in [3.05, 3.63) is 59.2 Å². The zero-order valence-electron chi connectivity index (χ0n) is 16.0. The summed E-state index contributed by atoms with van der Waals surface area (Å²) in [6.45, 7) is 0.403. The number of amides is 1. The van der Waals surface area contributed by atoms with Crippen LogP contribution in [-0.2, 0) is 13.6 Å². The van der Waals surface area contributed by atoms with Crippen LogP contribution < -0.4 is 9.64 Å². The van der Waals surface area contributed by atoms with Crippen molar-refractivity contribution in [2.45, 2.75) is 19.6 Å². The lowest BCUT2D eigenvalue weighted by Gasteiger charge is -2.15. The van der Waals surface area contributed by atoms with Gasteiger partial charge in [0, 0.05) is 47.8 Å². The number of benzene rings is 1. The van der Waals surface area contributed by atoms with E-state index in [1.54, 1.807) is 17.8 Å². The Morgan fingerprint density at radius 3 is 2.60 bits per heavy atom. The third-order valence-electron chi connectivity index (χ3n) is 4.82. The number of fused-ring (bicyclic) bond motifs is 1. The number of carbonyl (C=O) groups excluding carboxylic acids is 1. The Kier molecular flexibility index (Phi) is 4.71. The predicted molar refractivity (Wildman–Crippen MR) is 99.6 cm³/mol. The molecular formula is C20H16F4N4O2. The maximum Gasteiger partial charge on any atom is 0.422 e. The number of hydrogen-bond donors (Lipinski definition) is 0. The molecule has 0 bridgehead atoms. The van der Waals surface area contributed by atoms with Crippen molar-refractivity contribution >= 4 is 11.7 Å². The summed E-state index contributed by atoms with van der Waals surface area (Å²) in [7, 11) is 1.75. The van der Waals surface area contributed by atoms with Gasteiger partial charge in [-0.3, -0.25) is 19.4 Å². The fraction of sp³-hybridized carbons (Fsp3) is 0.250. The first-order valence-electron chi connectivity index (χ1n) is 8.94. The second kappa shape index (κ2) is 7.12. The maximum absolute atomic E-state index is 13.7. The van der Waals surface area contributed by atoms with Crippen LogP contribution in [0, 0.1) is 12.7 Å². The molecule has 0 spiro atoms. The van der Waals surface area contributed by atoms with Crippen molar-refractivity contribution in [2.24, 2.45) is 7.05 Å². The number of nitrogens with zero attached hydrogens (tertiary/aromatic N) is 4. The van der Waals surface area contributed by atoms with E-state index in [1.165, 1.54) is 23.2 Å². The number of hydrogen-bond acceptors (Lipinski definition) is 4. The van der Waals surface area contributed by atoms with E-state index in [1.807, 2.05) is 6.92 Å². The number of pyridine rings is 1. The van der Waals surface area contributed by atoms with Gasteiger partial charge in [-0.15, -0.1) is 0 Å². The number of anilines is 1. The number of alkyl halides is 3. The molecule has 0 unspecified atom stereocenters. The zero-order valence-corrected chi connectivity index (χ0v) is 16.0. The molecule has 0 aliphatic carbocycles. The van der Waals surface area contributed by atoms with Gasteiger partial charge in [0.25, 0.3) is 5.91 Å². The van der Waals surface area contributed by atoms with Gasteiger partial charge < -0.3 is 4.74 Å². The zero-order chi connectivity index (χ0) is 21.6. The number of carbonyl (C=O) groups is 1. The molecule has 3 aromatic rings. The fourth-order valence-corrected chi connectivity index (χ4v) is 3.29. The number of rotatable bonds is 4. The molecule has 2 aromatic heterocycles. The Morgan fingerprint density at radius 1 is 1.17 bits per heavy atom. The molecule has 0 saturated carbocycles. The summed E-state index contributed by atoms with van der Waals surface area (Å²) in [6, 6.07) is 6.57. The molecule has 0 N–H and O–H groups in total. The minimum absolute atomic E-state index is 0.129. The highest BCUT2D eigenvalue weighted by Gasteiger charge is 2.34. The van der Waals surface area contributed by atoms with Gasteiger partial charge in [0.2, 0.25) is 0 Å². The van der Waals surface area contributed by atoms with Gasteiger partial charge in [-0.25, -0.2) is 4.39 Å². The number of ether oxygens (including phenoxy) is 1. The van der Waals surface area contributed by atoms with Gasteiger partial charge >= 0.3 is 6.18 Å². The summed E-state index contributed by atoms with van der Waals surface area (Å²) in [5.41, 5.74) is 2.15. The molecule has 6 nitrogen and oxygen atoms in total. The highest BCUT2D eigenvalue weighted by atomic mass is 19.4. The molecule has 4 rings (SSSR count). The summed E-state index contributed by atoms with van der Waals surface area (Å²) >= 11 is 0. The van der Waals surface area contributed by atoms with Gasteiger partial charge in [0.1, 0.15) is 11.6 Å². The molecule has 10 heteroatoms. The smallest absolute Gasteiger partial charge is 0.422 e. The molecule has 156 valence electrons. The van der Waals surface area contributed by atoms with E-state index < -0.39 is 18.6 Å². The number of aromatic nitrogens is 3. The van der Waals surface area contributed by atoms with Crippen LogP contribution >= 0.6 is 0 Å². The predicted octanol–water partition coefficient (Wildman–Crippen LogP) is 4.03. The molecular weight excluding hydrogens is 404 g/mol. The third-order valence-corrected chi connectivity index (χ3v) is 4.82. The van der Waals surface area contributed by atoms with Crippen molar-refractivity contribution in [3.63, 3.8) is 0 Å². The van der Waals surface area contributed by atoms with E-state index >= 15 is 0 Å². The van der Waals surface area contributed by atoms with Gasteiger partial charge in [-0.2, -0.15) is 18.3 Å². The van der Waals surface area contributed by atoms with Crippen molar-refractivity contribution < 1.29 is 27.1 Å². The second-order valence-electron chi connectivity index (χ2n) is 6.89. The molecule has 1 amide bonds. The minimum Gasteiger partial charge on any atom is -0.483 e. The average molecular weight is 420 g/mol. The Morgan fingerprint density at radius 2 is 1.93 bits per heavy atom. The van der Waals surface area contributed by atoms with Crippen molar-refractivity contribution in [2.75, 3.05) is 11.5 Å². The minimum atomic E-state index is -4.58. The van der Waals surface area contributed by atoms with Crippen molar-refractivity contribution in [3.8, 4) is 17.0 Å². The van der Waals surface area contributed by atoms with Gasteiger partial charge in [0.15, 0.2) is 12.4 Å². The van der Waals surface area contributed by atoms with Crippen LogP contribution in [0.1, 0.15) is 21.6 Å². The Bertz CT molecular complexity index is 1120. The highest BCUT2D eigenvalue weighted by molar-refractivity contribution is 6.10. The first-order valence-corrected chi connectivity index (χ1v) is 8.94. The van der Waals surface area contributed by atoms with E-state index in [2.05, 4.69) is 10.1 Å². The largest absolute Gasteiger partial charge is 0.483 e. The topological polar surface area (TPSA) is 60.3 Å². The summed E-state index contributed by atoms with van der Waals surface area (Å²) in [4.78, 5) is 18.6. The molecule has 1 aromatic carbocycles. The first-order chi connectivity index (χ1) is 14.1. The molecule has 0 fully saturated rings. The molecule has 0 saturated heterocycles. The monoisotopic (exact) mass is 420 g/mol. The maximum atomic E-state index is 13.7. The van der Waals surface area contributed by atoms with Gasteiger partial charge in [-0.1, -0.05) is 0 Å². The lowest BCUT2D eigenvalue weighted by molar-refractivity contribution is -0.153. The molecule has 1 aliphatic heterocycles. The average Bonchev–Trinajstić information content (AvgIpc) is 3.19. The Balaban J connectivity index is 1.75. The van der Waals surface area contributed by atoms with Crippen LogP contribution in [-0.4, -0.2) is 33.5 Å². The SMILES string of the molecule is Cc1cc(N2Cc3c(ccnc3-c3ccc(F)cc3OCC(F)(F)F)C2=O)nn1C. The van der Waals surface area contributed by atoms with Gasteiger partial charge in [0.05, 0.1) is 12.2 Å². The Hall–Kier alpha value is -3.43. The standard InChI is InChI=1S/C20H16F4N4O2/c1-11-7-17(26-27(11)2)28-9-15-13(19(28)29)5-6-25-18(15)14-4-3-12(21)8-16(14)30-10-20(22,23)24/h3-8H,9-10H2,1-2H3. The third kappa shape index (κ3) is 3.60. The summed E-state index contributed by atoms with van der Waals surface area (Å²) in [5, 5.41) is 4.32. The van der Waals surface area contributed by atoms with E-state index in [4.69, 9.17) is 4.74 Å². The summed E-state index contributed by atoms with van der Waals surface area (Å²) in [5.74, 6) is -0.889. The van der Waals surface area contributed by atoms with Crippen LogP contribution in [0.5, 0.6) is 5.75 Å². The highest BCUT2D eigenvalue weighted by Crippen LogP contribution is 2.38. The van der Waals surface area contributed by atoms with Crippen LogP contribution in [0.4, 0.5) is 23.4 Å². The van der Waals surface area contributed by atoms with E-state index in [-0.39, 0.29) is 29.5 Å². The van der Waals surface area contributed by atoms with Crippen LogP contribution in [0.25, 0.3) is 11.3 Å². The normalized spacial score (nSPS) is 13.7. The number of halogens is 4.